The van der Waals surface area contributed by atoms with Crippen molar-refractivity contribution >= 4 is 39.2 Å². The highest BCUT2D eigenvalue weighted by molar-refractivity contribution is 7.21. The van der Waals surface area contributed by atoms with Gasteiger partial charge >= 0.3 is 11.9 Å². The zero-order chi connectivity index (χ0) is 20.5. The fourth-order valence-corrected chi connectivity index (χ4v) is 3.89. The van der Waals surface area contributed by atoms with Crippen molar-refractivity contribution in [3.63, 3.8) is 0 Å². The van der Waals surface area contributed by atoms with E-state index in [0.717, 1.165) is 10.2 Å². The summed E-state index contributed by atoms with van der Waals surface area (Å²) in [5.41, 5.74) is 8.46. The first-order chi connectivity index (χ1) is 14.0. The Morgan fingerprint density at radius 2 is 1.79 bits per heavy atom. The van der Waals surface area contributed by atoms with Gasteiger partial charge in [-0.15, -0.1) is 11.3 Å². The van der Waals surface area contributed by atoms with Crippen molar-refractivity contribution in [2.24, 2.45) is 0 Å². The molecule has 9 heteroatoms. The minimum atomic E-state index is -0.647. The van der Waals surface area contributed by atoms with Gasteiger partial charge in [0.25, 0.3) is 0 Å². The minimum absolute atomic E-state index is 0.0590. The van der Waals surface area contributed by atoms with Crippen LogP contribution in [-0.2, 0) is 9.47 Å². The maximum absolute atomic E-state index is 12.4. The molecule has 29 heavy (non-hydrogen) atoms. The maximum Gasteiger partial charge on any atom is 0.358 e. The van der Waals surface area contributed by atoms with E-state index in [2.05, 4.69) is 10.1 Å². The highest BCUT2D eigenvalue weighted by Crippen LogP contribution is 2.35. The molecule has 0 amide bonds. The number of thiazole rings is 1. The predicted octanol–water partition coefficient (Wildman–Crippen LogP) is 3.30. The van der Waals surface area contributed by atoms with Crippen LogP contribution in [0, 0.1) is 0 Å². The van der Waals surface area contributed by atoms with E-state index in [9.17, 15) is 9.59 Å². The first kappa shape index (κ1) is 18.6. The molecular formula is C20H16N4O4S. The number of nitrogens with two attached hydrogens (primary N) is 1. The van der Waals surface area contributed by atoms with Gasteiger partial charge in [0.15, 0.2) is 5.69 Å². The summed E-state index contributed by atoms with van der Waals surface area (Å²) in [4.78, 5) is 28.9. The van der Waals surface area contributed by atoms with Crippen molar-refractivity contribution < 1.29 is 19.1 Å². The molecule has 0 saturated heterocycles. The summed E-state index contributed by atoms with van der Waals surface area (Å²) in [7, 11) is 2.56. The Morgan fingerprint density at radius 3 is 2.52 bits per heavy atom. The summed E-state index contributed by atoms with van der Waals surface area (Å²) in [5.74, 6) is -1.15. The first-order valence-corrected chi connectivity index (χ1v) is 9.36. The van der Waals surface area contributed by atoms with Crippen molar-refractivity contribution in [1.82, 2.24) is 14.8 Å². The van der Waals surface area contributed by atoms with E-state index in [-0.39, 0.29) is 11.4 Å². The Hall–Kier alpha value is -3.72. The first-order valence-electron chi connectivity index (χ1n) is 8.55. The largest absolute Gasteiger partial charge is 0.465 e. The van der Waals surface area contributed by atoms with E-state index in [4.69, 9.17) is 15.2 Å². The second kappa shape index (κ2) is 7.36. The Balaban J connectivity index is 1.91. The maximum atomic E-state index is 12.4. The lowest BCUT2D eigenvalue weighted by Crippen LogP contribution is -2.12. The number of anilines is 1. The lowest BCUT2D eigenvalue weighted by molar-refractivity contribution is 0.0587. The summed E-state index contributed by atoms with van der Waals surface area (Å²) >= 11 is 1.42. The summed E-state index contributed by atoms with van der Waals surface area (Å²) in [6, 6.07) is 14.2. The van der Waals surface area contributed by atoms with Crippen LogP contribution in [0.15, 0.2) is 48.5 Å². The van der Waals surface area contributed by atoms with Crippen molar-refractivity contribution in [2.75, 3.05) is 20.0 Å². The number of rotatable bonds is 4. The zero-order valence-corrected chi connectivity index (χ0v) is 16.4. The highest BCUT2D eigenvalue weighted by atomic mass is 32.1. The van der Waals surface area contributed by atoms with E-state index in [1.807, 2.05) is 24.3 Å². The average Bonchev–Trinajstić information content (AvgIpc) is 3.33. The average molecular weight is 408 g/mol. The van der Waals surface area contributed by atoms with Crippen molar-refractivity contribution in [3.05, 3.63) is 59.8 Å². The van der Waals surface area contributed by atoms with E-state index >= 15 is 0 Å². The molecule has 2 aromatic carbocycles. The molecule has 0 bridgehead atoms. The lowest BCUT2D eigenvalue weighted by Gasteiger charge is -2.07. The molecule has 0 atom stereocenters. The summed E-state index contributed by atoms with van der Waals surface area (Å²) in [5, 5.41) is 5.11. The molecule has 2 heterocycles. The SMILES string of the molecule is COC(=O)c1cccc(-n2nc(-c3nc4ccccc4s3)c(N)c2C(=O)OC)c1. The highest BCUT2D eigenvalue weighted by Gasteiger charge is 2.26. The summed E-state index contributed by atoms with van der Waals surface area (Å²) in [6.07, 6.45) is 0. The van der Waals surface area contributed by atoms with Gasteiger partial charge in [-0.3, -0.25) is 0 Å². The Labute approximate surface area is 169 Å². The van der Waals surface area contributed by atoms with Crippen LogP contribution in [0.25, 0.3) is 26.6 Å². The molecule has 0 saturated carbocycles. The molecule has 0 radical (unpaired) electrons. The number of fused-ring (bicyclic) bond motifs is 1. The van der Waals surface area contributed by atoms with Gasteiger partial charge in [0, 0.05) is 0 Å². The van der Waals surface area contributed by atoms with E-state index in [1.165, 1.54) is 30.2 Å². The van der Waals surface area contributed by atoms with Gasteiger partial charge in [0.2, 0.25) is 0 Å². The quantitative estimate of drug-likeness (QED) is 0.516. The zero-order valence-electron chi connectivity index (χ0n) is 15.6. The van der Waals surface area contributed by atoms with Crippen LogP contribution in [0.5, 0.6) is 0 Å². The molecule has 0 aliphatic heterocycles. The number of hydrogen-bond acceptors (Lipinski definition) is 8. The van der Waals surface area contributed by atoms with Gasteiger partial charge in [-0.2, -0.15) is 5.10 Å². The van der Waals surface area contributed by atoms with Gasteiger partial charge in [0.1, 0.15) is 10.7 Å². The smallest absolute Gasteiger partial charge is 0.358 e. The number of benzene rings is 2. The third-order valence-corrected chi connectivity index (χ3v) is 5.35. The van der Waals surface area contributed by atoms with E-state index in [0.29, 0.717) is 22.0 Å². The van der Waals surface area contributed by atoms with Crippen molar-refractivity contribution in [1.29, 1.82) is 0 Å². The predicted molar refractivity (Wildman–Crippen MR) is 109 cm³/mol. The molecule has 8 nitrogen and oxygen atoms in total. The number of para-hydroxylation sites is 1. The topological polar surface area (TPSA) is 109 Å². The lowest BCUT2D eigenvalue weighted by atomic mass is 10.2. The molecule has 0 aliphatic carbocycles. The van der Waals surface area contributed by atoms with Gasteiger partial charge in [0.05, 0.1) is 41.4 Å². The number of carbonyl (C=O) groups excluding carboxylic acids is 2. The van der Waals surface area contributed by atoms with Crippen molar-refractivity contribution in [3.8, 4) is 16.4 Å². The summed E-state index contributed by atoms with van der Waals surface area (Å²) in [6.45, 7) is 0. The van der Waals surface area contributed by atoms with Gasteiger partial charge in [-0.1, -0.05) is 18.2 Å². The van der Waals surface area contributed by atoms with Crippen LogP contribution in [0.2, 0.25) is 0 Å². The second-order valence-electron chi connectivity index (χ2n) is 6.04. The molecule has 2 aromatic heterocycles. The van der Waals surface area contributed by atoms with Crippen LogP contribution in [0.1, 0.15) is 20.8 Å². The molecule has 0 spiro atoms. The number of hydrogen-bond donors (Lipinski definition) is 1. The Bertz CT molecular complexity index is 1210. The summed E-state index contributed by atoms with van der Waals surface area (Å²) < 4.78 is 12.0. The van der Waals surface area contributed by atoms with Crippen LogP contribution < -0.4 is 5.73 Å². The van der Waals surface area contributed by atoms with Gasteiger partial charge < -0.3 is 15.2 Å². The number of nitrogens with zero attached hydrogens (tertiary/aromatic N) is 3. The van der Waals surface area contributed by atoms with Crippen molar-refractivity contribution in [2.45, 2.75) is 0 Å². The number of ether oxygens (including phenoxy) is 2. The second-order valence-corrected chi connectivity index (χ2v) is 7.07. The standard InChI is InChI=1S/C20H16N4O4S/c1-27-19(25)11-6-5-7-12(10-11)24-17(20(26)28-2)15(21)16(23-24)18-22-13-8-3-4-9-14(13)29-18/h3-10H,21H2,1-2H3. The van der Waals surface area contributed by atoms with Crippen LogP contribution in [0.3, 0.4) is 0 Å². The monoisotopic (exact) mass is 408 g/mol. The Kier molecular flexibility index (Phi) is 4.73. The number of aromatic nitrogens is 3. The van der Waals surface area contributed by atoms with E-state index < -0.39 is 11.9 Å². The minimum Gasteiger partial charge on any atom is -0.465 e. The molecule has 0 aliphatic rings. The molecule has 0 unspecified atom stereocenters. The molecule has 4 aromatic rings. The third kappa shape index (κ3) is 3.21. The molecular weight excluding hydrogens is 392 g/mol. The normalized spacial score (nSPS) is 10.8. The van der Waals surface area contributed by atoms with Gasteiger partial charge in [-0.05, 0) is 30.3 Å². The molecule has 4 rings (SSSR count). The van der Waals surface area contributed by atoms with Gasteiger partial charge in [-0.25, -0.2) is 19.3 Å². The number of nitrogen functional groups attached to an aromatic ring is 1. The number of methoxy groups -OCH3 is 2. The number of carbonyl (C=O) groups is 2. The fraction of sp³-hybridized carbons (Fsp3) is 0.100. The van der Waals surface area contributed by atoms with Crippen LogP contribution in [0.4, 0.5) is 5.69 Å². The van der Waals surface area contributed by atoms with Crippen LogP contribution >= 0.6 is 11.3 Å². The molecule has 0 fully saturated rings. The number of esters is 2. The Morgan fingerprint density at radius 1 is 1.03 bits per heavy atom. The van der Waals surface area contributed by atoms with Crippen LogP contribution in [-0.4, -0.2) is 40.9 Å². The third-order valence-electron chi connectivity index (χ3n) is 4.31. The van der Waals surface area contributed by atoms with E-state index in [1.54, 1.807) is 24.3 Å². The fourth-order valence-electron chi connectivity index (χ4n) is 2.92. The molecule has 2 N–H and O–H groups in total. The molecule has 146 valence electrons.